The van der Waals surface area contributed by atoms with Crippen molar-refractivity contribution in [2.75, 3.05) is 6.61 Å². The molecule has 7 heteroatoms. The fourth-order valence-corrected chi connectivity index (χ4v) is 2.63. The van der Waals surface area contributed by atoms with Gasteiger partial charge in [-0.25, -0.2) is 4.79 Å². The number of halogens is 2. The Morgan fingerprint density at radius 1 is 1.35 bits per heavy atom. The summed E-state index contributed by atoms with van der Waals surface area (Å²) in [6, 6.07) is 4.37. The van der Waals surface area contributed by atoms with Crippen molar-refractivity contribution >= 4 is 43.7 Å². The van der Waals surface area contributed by atoms with Crippen molar-refractivity contribution in [3.8, 4) is 5.75 Å². The average molecular weight is 409 g/mol. The van der Waals surface area contributed by atoms with Gasteiger partial charge in [0.25, 0.3) is 5.91 Å². The van der Waals surface area contributed by atoms with E-state index in [1.165, 1.54) is 0 Å². The maximum absolute atomic E-state index is 11.7. The van der Waals surface area contributed by atoms with Gasteiger partial charge in [-0.3, -0.25) is 4.79 Å². The monoisotopic (exact) mass is 407 g/mol. The third kappa shape index (κ3) is 5.13. The van der Waals surface area contributed by atoms with Gasteiger partial charge in [-0.05, 0) is 40.0 Å². The van der Waals surface area contributed by atoms with Crippen LogP contribution in [0.15, 0.2) is 27.1 Å². The molecule has 1 atom stereocenters. The second kappa shape index (κ2) is 7.64. The Kier molecular flexibility index (Phi) is 6.48. The molecule has 1 aromatic rings. The molecule has 0 fully saturated rings. The Morgan fingerprint density at radius 2 is 2.00 bits per heavy atom. The lowest BCUT2D eigenvalue weighted by Gasteiger charge is -2.18. The Labute approximate surface area is 134 Å². The van der Waals surface area contributed by atoms with Crippen LogP contribution in [0.4, 0.5) is 0 Å². The maximum atomic E-state index is 11.7. The largest absolute Gasteiger partial charge is 0.483 e. The fraction of sp³-hybridized carbons (Fsp3) is 0.385. The minimum atomic E-state index is -1.06. The lowest BCUT2D eigenvalue weighted by molar-refractivity contribution is -0.143. The number of ether oxygens (including phenoxy) is 1. The van der Waals surface area contributed by atoms with E-state index in [1.807, 2.05) is 0 Å². The standard InChI is InChI=1S/C13H15Br2NO4/c1-7(2)12(13(18)19)16-11(17)6-20-10-4-3-8(14)5-9(10)15/h3-5,7,12H,6H2,1-2H3,(H,16,17)(H,18,19)/t12-/m0/s1. The molecule has 0 heterocycles. The Bertz CT molecular complexity index is 505. The van der Waals surface area contributed by atoms with E-state index in [0.717, 1.165) is 4.47 Å². The number of amides is 1. The Balaban J connectivity index is 2.57. The second-order valence-electron chi connectivity index (χ2n) is 4.49. The lowest BCUT2D eigenvalue weighted by atomic mass is 10.1. The number of carboxylic acids is 1. The Morgan fingerprint density at radius 3 is 2.50 bits per heavy atom. The van der Waals surface area contributed by atoms with E-state index >= 15 is 0 Å². The Hall–Kier alpha value is -1.08. The normalized spacial score (nSPS) is 12.1. The fourth-order valence-electron chi connectivity index (χ4n) is 1.46. The predicted octanol–water partition coefficient (Wildman–Crippen LogP) is 2.82. The SMILES string of the molecule is CC(C)[C@H](NC(=O)COc1ccc(Br)cc1Br)C(=O)O. The lowest BCUT2D eigenvalue weighted by Crippen LogP contribution is -2.46. The van der Waals surface area contributed by atoms with Crippen molar-refractivity contribution in [3.63, 3.8) is 0 Å². The summed E-state index contributed by atoms with van der Waals surface area (Å²) in [6.45, 7) is 3.22. The zero-order valence-corrected chi connectivity index (χ0v) is 14.2. The van der Waals surface area contributed by atoms with Crippen LogP contribution in [-0.2, 0) is 9.59 Å². The predicted molar refractivity (Wildman–Crippen MR) is 81.7 cm³/mol. The molecule has 0 saturated heterocycles. The molecule has 110 valence electrons. The topological polar surface area (TPSA) is 75.6 Å². The van der Waals surface area contributed by atoms with Gasteiger partial charge in [-0.1, -0.05) is 29.8 Å². The summed E-state index contributed by atoms with van der Waals surface area (Å²) in [5, 5.41) is 11.4. The minimum absolute atomic E-state index is 0.198. The van der Waals surface area contributed by atoms with E-state index in [0.29, 0.717) is 10.2 Å². The molecule has 0 unspecified atom stereocenters. The van der Waals surface area contributed by atoms with Gasteiger partial charge in [0.05, 0.1) is 4.47 Å². The molecular formula is C13H15Br2NO4. The number of carbonyl (C=O) groups excluding carboxylic acids is 1. The summed E-state index contributed by atoms with van der Waals surface area (Å²) in [6.07, 6.45) is 0. The van der Waals surface area contributed by atoms with E-state index in [4.69, 9.17) is 9.84 Å². The highest BCUT2D eigenvalue weighted by atomic mass is 79.9. The zero-order valence-electron chi connectivity index (χ0n) is 11.0. The van der Waals surface area contributed by atoms with Crippen LogP contribution in [0.5, 0.6) is 5.75 Å². The molecule has 0 radical (unpaired) electrons. The number of hydrogen-bond donors (Lipinski definition) is 2. The van der Waals surface area contributed by atoms with Crippen LogP contribution in [0.1, 0.15) is 13.8 Å². The molecular weight excluding hydrogens is 394 g/mol. The molecule has 0 spiro atoms. The second-order valence-corrected chi connectivity index (χ2v) is 6.26. The highest BCUT2D eigenvalue weighted by Gasteiger charge is 2.23. The molecule has 20 heavy (non-hydrogen) atoms. The summed E-state index contributed by atoms with van der Waals surface area (Å²) < 4.78 is 6.93. The van der Waals surface area contributed by atoms with E-state index < -0.39 is 17.9 Å². The van der Waals surface area contributed by atoms with Gasteiger partial charge in [-0.2, -0.15) is 0 Å². The molecule has 1 aromatic carbocycles. The van der Waals surface area contributed by atoms with Crippen LogP contribution in [0.25, 0.3) is 0 Å². The highest BCUT2D eigenvalue weighted by Crippen LogP contribution is 2.28. The first-order chi connectivity index (χ1) is 9.31. The zero-order chi connectivity index (χ0) is 15.3. The molecule has 0 aromatic heterocycles. The van der Waals surface area contributed by atoms with Crippen molar-refractivity contribution in [2.45, 2.75) is 19.9 Å². The quantitative estimate of drug-likeness (QED) is 0.758. The summed E-state index contributed by atoms with van der Waals surface area (Å²) in [4.78, 5) is 22.7. The van der Waals surface area contributed by atoms with Crippen molar-refractivity contribution < 1.29 is 19.4 Å². The van der Waals surface area contributed by atoms with Gasteiger partial charge in [0, 0.05) is 4.47 Å². The third-order valence-corrected chi connectivity index (χ3v) is 3.61. The molecule has 0 aliphatic heterocycles. The van der Waals surface area contributed by atoms with Crippen LogP contribution in [0.3, 0.4) is 0 Å². The first-order valence-corrected chi connectivity index (χ1v) is 7.50. The molecule has 2 N–H and O–H groups in total. The molecule has 5 nitrogen and oxygen atoms in total. The number of carbonyl (C=O) groups is 2. The molecule has 0 bridgehead atoms. The number of benzene rings is 1. The van der Waals surface area contributed by atoms with E-state index in [9.17, 15) is 9.59 Å². The molecule has 1 amide bonds. The van der Waals surface area contributed by atoms with Gasteiger partial charge >= 0.3 is 5.97 Å². The van der Waals surface area contributed by atoms with Gasteiger partial charge in [0.15, 0.2) is 6.61 Å². The van der Waals surface area contributed by atoms with Gasteiger partial charge in [0.2, 0.25) is 0 Å². The van der Waals surface area contributed by atoms with Crippen molar-refractivity contribution in [1.82, 2.24) is 5.32 Å². The first kappa shape index (κ1) is 17.0. The van der Waals surface area contributed by atoms with Gasteiger partial charge in [0.1, 0.15) is 11.8 Å². The number of aliphatic carboxylic acids is 1. The third-order valence-electron chi connectivity index (χ3n) is 2.50. The molecule has 0 aliphatic rings. The van der Waals surface area contributed by atoms with Crippen molar-refractivity contribution in [2.24, 2.45) is 5.92 Å². The smallest absolute Gasteiger partial charge is 0.326 e. The first-order valence-electron chi connectivity index (χ1n) is 5.91. The van der Waals surface area contributed by atoms with Gasteiger partial charge in [-0.15, -0.1) is 0 Å². The summed E-state index contributed by atoms with van der Waals surface area (Å²) in [5.74, 6) is -1.21. The van der Waals surface area contributed by atoms with Crippen molar-refractivity contribution in [3.05, 3.63) is 27.1 Å². The van der Waals surface area contributed by atoms with Gasteiger partial charge < -0.3 is 15.2 Å². The van der Waals surface area contributed by atoms with E-state index in [-0.39, 0.29) is 12.5 Å². The number of hydrogen-bond acceptors (Lipinski definition) is 3. The van der Waals surface area contributed by atoms with Crippen molar-refractivity contribution in [1.29, 1.82) is 0 Å². The summed E-state index contributed by atoms with van der Waals surface area (Å²) >= 11 is 6.62. The maximum Gasteiger partial charge on any atom is 0.326 e. The molecule has 0 aliphatic carbocycles. The van der Waals surface area contributed by atoms with Crippen LogP contribution in [0.2, 0.25) is 0 Å². The van der Waals surface area contributed by atoms with E-state index in [2.05, 4.69) is 37.2 Å². The molecule has 1 rings (SSSR count). The highest BCUT2D eigenvalue weighted by molar-refractivity contribution is 9.11. The molecule has 0 saturated carbocycles. The van der Waals surface area contributed by atoms with E-state index in [1.54, 1.807) is 32.0 Å². The number of carboxylic acid groups (broad SMARTS) is 1. The summed E-state index contributed by atoms with van der Waals surface area (Å²) in [7, 11) is 0. The van der Waals surface area contributed by atoms with Crippen LogP contribution in [-0.4, -0.2) is 29.6 Å². The minimum Gasteiger partial charge on any atom is -0.483 e. The number of rotatable bonds is 6. The average Bonchev–Trinajstić information content (AvgIpc) is 2.34. The summed E-state index contributed by atoms with van der Waals surface area (Å²) in [5.41, 5.74) is 0. The van der Waals surface area contributed by atoms with Crippen LogP contribution >= 0.6 is 31.9 Å². The van der Waals surface area contributed by atoms with Crippen LogP contribution < -0.4 is 10.1 Å². The number of nitrogens with one attached hydrogen (secondary N) is 1. The van der Waals surface area contributed by atoms with Crippen LogP contribution in [0, 0.1) is 5.92 Å².